The molecule has 0 aliphatic heterocycles. The van der Waals surface area contributed by atoms with Gasteiger partial charge in [-0.3, -0.25) is 0 Å². The molecular weight excluding hydrogens is 223 g/mol. The summed E-state index contributed by atoms with van der Waals surface area (Å²) >= 11 is 0. The van der Waals surface area contributed by atoms with Gasteiger partial charge in [-0.15, -0.1) is 9.24 Å². The van der Waals surface area contributed by atoms with Gasteiger partial charge in [-0.25, -0.2) is 0 Å². The van der Waals surface area contributed by atoms with E-state index in [4.69, 9.17) is 0 Å². The largest absolute Gasteiger partial charge is 0.131 e. The first-order valence-electron chi connectivity index (χ1n) is 7.93. The third-order valence-corrected chi connectivity index (χ3v) is 5.82. The summed E-state index contributed by atoms with van der Waals surface area (Å²) in [6.07, 6.45) is 14.0. The number of hydrogen-bond donors (Lipinski definition) is 0. The lowest BCUT2D eigenvalue weighted by Gasteiger charge is -2.36. The van der Waals surface area contributed by atoms with Crippen molar-refractivity contribution in [3.63, 3.8) is 0 Å². The van der Waals surface area contributed by atoms with Gasteiger partial charge in [0.1, 0.15) is 0 Å². The van der Waals surface area contributed by atoms with Crippen molar-refractivity contribution in [1.29, 1.82) is 0 Å². The van der Waals surface area contributed by atoms with E-state index in [9.17, 15) is 0 Å². The highest BCUT2D eigenvalue weighted by atomic mass is 31.0. The Kier molecular flexibility index (Phi) is 10.6. The van der Waals surface area contributed by atoms with Crippen molar-refractivity contribution in [3.8, 4) is 0 Å². The maximum absolute atomic E-state index is 3.17. The lowest BCUT2D eigenvalue weighted by atomic mass is 9.81. The molecule has 0 spiro atoms. The fraction of sp³-hybridized carbons (Fsp3) is 1.00. The Morgan fingerprint density at radius 3 is 1.82 bits per heavy atom. The molecule has 0 radical (unpaired) electrons. The lowest BCUT2D eigenvalue weighted by Crippen LogP contribution is -2.29. The van der Waals surface area contributed by atoms with Gasteiger partial charge >= 0.3 is 0 Å². The molecule has 0 heterocycles. The SMILES string of the molecule is CCCCCCCCC(CC)C(P)(CC)CC. The van der Waals surface area contributed by atoms with E-state index in [1.165, 1.54) is 64.2 Å². The second-order valence-electron chi connectivity index (χ2n) is 5.60. The van der Waals surface area contributed by atoms with Crippen molar-refractivity contribution < 1.29 is 0 Å². The fourth-order valence-electron chi connectivity index (χ4n) is 2.90. The number of unbranched alkanes of at least 4 members (excludes halogenated alkanes) is 5. The summed E-state index contributed by atoms with van der Waals surface area (Å²) < 4.78 is 0. The van der Waals surface area contributed by atoms with E-state index in [-0.39, 0.29) is 0 Å². The van der Waals surface area contributed by atoms with Gasteiger partial charge in [0, 0.05) is 0 Å². The second kappa shape index (κ2) is 10.4. The van der Waals surface area contributed by atoms with Crippen LogP contribution in [-0.4, -0.2) is 5.16 Å². The highest BCUT2D eigenvalue weighted by molar-refractivity contribution is 7.19. The van der Waals surface area contributed by atoms with Crippen LogP contribution in [0.4, 0.5) is 0 Å². The van der Waals surface area contributed by atoms with Crippen LogP contribution < -0.4 is 0 Å². The minimum Gasteiger partial charge on any atom is -0.131 e. The first kappa shape index (κ1) is 17.4. The zero-order valence-corrected chi connectivity index (χ0v) is 13.9. The number of hydrogen-bond acceptors (Lipinski definition) is 0. The molecule has 0 saturated carbocycles. The van der Waals surface area contributed by atoms with Crippen LogP contribution in [0.3, 0.4) is 0 Å². The highest BCUT2D eigenvalue weighted by Gasteiger charge is 2.28. The monoisotopic (exact) mass is 258 g/mol. The van der Waals surface area contributed by atoms with Gasteiger partial charge in [-0.05, 0) is 30.3 Å². The Morgan fingerprint density at radius 2 is 1.35 bits per heavy atom. The molecule has 2 atom stereocenters. The summed E-state index contributed by atoms with van der Waals surface area (Å²) in [7, 11) is 3.17. The maximum Gasteiger partial charge on any atom is -0.0127 e. The smallest absolute Gasteiger partial charge is 0.0127 e. The minimum atomic E-state index is 0.512. The van der Waals surface area contributed by atoms with E-state index in [0.29, 0.717) is 5.16 Å². The van der Waals surface area contributed by atoms with Gasteiger partial charge in [-0.2, -0.15) is 0 Å². The van der Waals surface area contributed by atoms with Crippen molar-refractivity contribution in [2.75, 3.05) is 0 Å². The minimum absolute atomic E-state index is 0.512. The predicted molar refractivity (Wildman–Crippen MR) is 84.8 cm³/mol. The second-order valence-corrected chi connectivity index (χ2v) is 6.75. The zero-order chi connectivity index (χ0) is 13.1. The molecule has 0 amide bonds. The van der Waals surface area contributed by atoms with Crippen molar-refractivity contribution >= 4 is 9.24 Å². The molecule has 0 rings (SSSR count). The quantitative estimate of drug-likeness (QED) is 0.306. The molecule has 0 aliphatic carbocycles. The van der Waals surface area contributed by atoms with Crippen LogP contribution in [0.2, 0.25) is 0 Å². The molecule has 17 heavy (non-hydrogen) atoms. The van der Waals surface area contributed by atoms with Gasteiger partial charge in [0.2, 0.25) is 0 Å². The van der Waals surface area contributed by atoms with E-state index < -0.39 is 0 Å². The van der Waals surface area contributed by atoms with Crippen molar-refractivity contribution in [2.45, 2.75) is 97.1 Å². The van der Waals surface area contributed by atoms with E-state index in [1.807, 2.05) is 0 Å². The molecule has 0 aromatic heterocycles. The van der Waals surface area contributed by atoms with E-state index in [1.54, 1.807) is 0 Å². The van der Waals surface area contributed by atoms with Crippen LogP contribution in [0.15, 0.2) is 0 Å². The molecule has 2 unspecified atom stereocenters. The summed E-state index contributed by atoms with van der Waals surface area (Å²) in [6, 6.07) is 0. The van der Waals surface area contributed by atoms with Crippen molar-refractivity contribution in [1.82, 2.24) is 0 Å². The fourth-order valence-corrected chi connectivity index (χ4v) is 3.30. The molecule has 0 bridgehead atoms. The molecule has 0 nitrogen and oxygen atoms in total. The van der Waals surface area contributed by atoms with Crippen LogP contribution in [-0.2, 0) is 0 Å². The average Bonchev–Trinajstić information content (AvgIpc) is 2.37. The summed E-state index contributed by atoms with van der Waals surface area (Å²) in [6.45, 7) is 9.35. The molecule has 104 valence electrons. The van der Waals surface area contributed by atoms with Crippen LogP contribution in [0.25, 0.3) is 0 Å². The first-order chi connectivity index (χ1) is 8.14. The third-order valence-electron chi connectivity index (χ3n) is 4.53. The molecule has 1 heteroatoms. The Hall–Kier alpha value is 0.430. The summed E-state index contributed by atoms with van der Waals surface area (Å²) in [5.41, 5.74) is 0. The van der Waals surface area contributed by atoms with Gasteiger partial charge in [0.25, 0.3) is 0 Å². The summed E-state index contributed by atoms with van der Waals surface area (Å²) in [4.78, 5) is 0. The molecule has 0 N–H and O–H groups in total. The van der Waals surface area contributed by atoms with E-state index >= 15 is 0 Å². The Labute approximate surface area is 113 Å². The molecule has 0 aromatic carbocycles. The van der Waals surface area contributed by atoms with Crippen LogP contribution in [0, 0.1) is 5.92 Å². The van der Waals surface area contributed by atoms with Gasteiger partial charge < -0.3 is 0 Å². The zero-order valence-electron chi connectivity index (χ0n) is 12.7. The summed E-state index contributed by atoms with van der Waals surface area (Å²) in [5.74, 6) is 0.911. The topological polar surface area (TPSA) is 0 Å². The molecular formula is C16H35P. The van der Waals surface area contributed by atoms with Crippen LogP contribution >= 0.6 is 9.24 Å². The van der Waals surface area contributed by atoms with Crippen LogP contribution in [0.5, 0.6) is 0 Å². The normalized spacial score (nSPS) is 13.9. The van der Waals surface area contributed by atoms with E-state index in [0.717, 1.165) is 5.92 Å². The molecule has 0 fully saturated rings. The Balaban J connectivity index is 3.82. The summed E-state index contributed by atoms with van der Waals surface area (Å²) in [5, 5.41) is 0.512. The van der Waals surface area contributed by atoms with Crippen LogP contribution in [0.1, 0.15) is 91.9 Å². The predicted octanol–water partition coefficient (Wildman–Crippen LogP) is 6.20. The van der Waals surface area contributed by atoms with Crippen molar-refractivity contribution in [2.24, 2.45) is 5.92 Å². The van der Waals surface area contributed by atoms with Gasteiger partial charge in [0.05, 0.1) is 0 Å². The maximum atomic E-state index is 3.17. The third kappa shape index (κ3) is 6.80. The molecule has 0 aliphatic rings. The standard InChI is InChI=1S/C16H35P/c1-5-9-10-11-12-13-14-15(6-2)16(17,7-3)8-4/h15H,5-14,17H2,1-4H3. The van der Waals surface area contributed by atoms with Crippen molar-refractivity contribution in [3.05, 3.63) is 0 Å². The first-order valence-corrected chi connectivity index (χ1v) is 8.51. The lowest BCUT2D eigenvalue weighted by molar-refractivity contribution is 0.313. The number of rotatable bonds is 11. The highest BCUT2D eigenvalue weighted by Crippen LogP contribution is 2.39. The Morgan fingerprint density at radius 1 is 0.824 bits per heavy atom. The molecule has 0 saturated heterocycles. The Bertz CT molecular complexity index is 161. The molecule has 0 aromatic rings. The van der Waals surface area contributed by atoms with Gasteiger partial charge in [-0.1, -0.05) is 72.6 Å². The van der Waals surface area contributed by atoms with Gasteiger partial charge in [0.15, 0.2) is 0 Å². The van der Waals surface area contributed by atoms with E-state index in [2.05, 4.69) is 36.9 Å². The average molecular weight is 258 g/mol.